The lowest BCUT2D eigenvalue weighted by Crippen LogP contribution is -2.13. The average molecular weight is 292 g/mol. The van der Waals surface area contributed by atoms with Crippen LogP contribution in [0, 0.1) is 6.92 Å². The molecule has 0 unspecified atom stereocenters. The van der Waals surface area contributed by atoms with E-state index in [2.05, 4.69) is 20.0 Å². The maximum absolute atomic E-state index is 6.24. The zero-order valence-electron chi connectivity index (χ0n) is 11.5. The van der Waals surface area contributed by atoms with Gasteiger partial charge < -0.3 is 9.99 Å². The minimum Gasteiger partial charge on any atom is -0.326 e. The van der Waals surface area contributed by atoms with Gasteiger partial charge in [0.1, 0.15) is 11.6 Å². The van der Waals surface area contributed by atoms with Crippen LogP contribution in [0.3, 0.4) is 0 Å². The average Bonchev–Trinajstić information content (AvgIpc) is 2.77. The summed E-state index contributed by atoms with van der Waals surface area (Å²) in [5.74, 6) is 7.06. The molecular formula is C14H18ClN5. The van der Waals surface area contributed by atoms with Gasteiger partial charge in [0.15, 0.2) is 0 Å². The van der Waals surface area contributed by atoms with E-state index in [1.807, 2.05) is 13.0 Å². The molecule has 20 heavy (non-hydrogen) atoms. The van der Waals surface area contributed by atoms with Crippen LogP contribution in [0.15, 0.2) is 12.1 Å². The topological polar surface area (TPSA) is 68.8 Å². The molecule has 3 N–H and O–H groups in total. The summed E-state index contributed by atoms with van der Waals surface area (Å²) >= 11 is 6.24. The van der Waals surface area contributed by atoms with Gasteiger partial charge in [0, 0.05) is 5.69 Å². The molecule has 6 heteroatoms. The van der Waals surface area contributed by atoms with Crippen molar-refractivity contribution in [1.82, 2.24) is 14.5 Å². The van der Waals surface area contributed by atoms with Crippen molar-refractivity contribution >= 4 is 17.4 Å². The lowest BCUT2D eigenvalue weighted by Gasteiger charge is -2.15. The molecule has 0 spiro atoms. The molecule has 0 fully saturated rings. The predicted octanol–water partition coefficient (Wildman–Crippen LogP) is 2.45. The summed E-state index contributed by atoms with van der Waals surface area (Å²) in [6, 6.07) is 3.58. The quantitative estimate of drug-likeness (QED) is 0.673. The van der Waals surface area contributed by atoms with Crippen molar-refractivity contribution in [3.8, 4) is 0 Å². The van der Waals surface area contributed by atoms with Crippen molar-refractivity contribution in [2.24, 2.45) is 5.84 Å². The number of pyridine rings is 1. The molecule has 3 rings (SSSR count). The number of nitrogens with two attached hydrogens (primary N) is 1. The van der Waals surface area contributed by atoms with Gasteiger partial charge >= 0.3 is 0 Å². The highest BCUT2D eigenvalue weighted by Crippen LogP contribution is 2.24. The Morgan fingerprint density at radius 3 is 2.90 bits per heavy atom. The first-order valence-corrected chi connectivity index (χ1v) is 7.23. The molecular weight excluding hydrogens is 274 g/mol. The second-order valence-electron chi connectivity index (χ2n) is 5.12. The molecule has 0 atom stereocenters. The Labute approximate surface area is 123 Å². The highest BCUT2D eigenvalue weighted by molar-refractivity contribution is 6.31. The molecule has 0 radical (unpaired) electrons. The number of fused-ring (bicyclic) bond motifs is 1. The van der Waals surface area contributed by atoms with E-state index in [0.717, 1.165) is 24.4 Å². The van der Waals surface area contributed by atoms with Gasteiger partial charge in [-0.1, -0.05) is 11.6 Å². The van der Waals surface area contributed by atoms with Crippen LogP contribution < -0.4 is 11.3 Å². The van der Waals surface area contributed by atoms with Gasteiger partial charge in [0.05, 0.1) is 23.0 Å². The zero-order chi connectivity index (χ0) is 14.1. The van der Waals surface area contributed by atoms with Crippen molar-refractivity contribution in [3.05, 3.63) is 40.1 Å². The Balaban J connectivity index is 1.97. The number of hydrogen-bond donors (Lipinski definition) is 2. The Bertz CT molecular complexity index is 635. The fourth-order valence-corrected chi connectivity index (χ4v) is 2.94. The Kier molecular flexibility index (Phi) is 3.63. The van der Waals surface area contributed by atoms with E-state index in [4.69, 9.17) is 17.4 Å². The highest BCUT2D eigenvalue weighted by atomic mass is 35.5. The second kappa shape index (κ2) is 5.42. The van der Waals surface area contributed by atoms with Gasteiger partial charge in [-0.05, 0) is 44.7 Å². The third kappa shape index (κ3) is 2.39. The van der Waals surface area contributed by atoms with Gasteiger partial charge in [-0.3, -0.25) is 0 Å². The monoisotopic (exact) mass is 291 g/mol. The first-order valence-electron chi connectivity index (χ1n) is 6.86. The van der Waals surface area contributed by atoms with Crippen LogP contribution in [0.5, 0.6) is 0 Å². The Morgan fingerprint density at radius 2 is 2.10 bits per heavy atom. The SMILES string of the molecule is Cc1nc2c(n1Cc1nc(NN)ccc1Cl)CCCC2. The molecule has 0 saturated carbocycles. The number of anilines is 1. The van der Waals surface area contributed by atoms with E-state index in [9.17, 15) is 0 Å². The number of nitrogen functional groups attached to an aromatic ring is 1. The van der Waals surface area contributed by atoms with E-state index in [1.54, 1.807) is 6.07 Å². The van der Waals surface area contributed by atoms with Crippen LogP contribution in [0.25, 0.3) is 0 Å². The lowest BCUT2D eigenvalue weighted by molar-refractivity contribution is 0.620. The summed E-state index contributed by atoms with van der Waals surface area (Å²) in [6.45, 7) is 2.68. The number of nitrogens with zero attached hydrogens (tertiary/aromatic N) is 3. The van der Waals surface area contributed by atoms with Crippen molar-refractivity contribution in [3.63, 3.8) is 0 Å². The summed E-state index contributed by atoms with van der Waals surface area (Å²) in [5.41, 5.74) is 5.94. The number of hydrogen-bond acceptors (Lipinski definition) is 4. The summed E-state index contributed by atoms with van der Waals surface area (Å²) < 4.78 is 2.23. The molecule has 0 aliphatic heterocycles. The van der Waals surface area contributed by atoms with E-state index in [1.165, 1.54) is 24.2 Å². The third-order valence-corrected chi connectivity index (χ3v) is 4.14. The molecule has 5 nitrogen and oxygen atoms in total. The lowest BCUT2D eigenvalue weighted by atomic mass is 10.0. The van der Waals surface area contributed by atoms with Crippen LogP contribution in [0.1, 0.15) is 35.7 Å². The van der Waals surface area contributed by atoms with Gasteiger partial charge in [-0.25, -0.2) is 15.8 Å². The largest absolute Gasteiger partial charge is 0.326 e. The Hall–Kier alpha value is -1.59. The smallest absolute Gasteiger partial charge is 0.140 e. The summed E-state index contributed by atoms with van der Waals surface area (Å²) in [7, 11) is 0. The van der Waals surface area contributed by atoms with Crippen molar-refractivity contribution in [1.29, 1.82) is 0 Å². The second-order valence-corrected chi connectivity index (χ2v) is 5.52. The molecule has 2 heterocycles. The predicted molar refractivity (Wildman–Crippen MR) is 79.8 cm³/mol. The third-order valence-electron chi connectivity index (χ3n) is 3.80. The Morgan fingerprint density at radius 1 is 1.30 bits per heavy atom. The fourth-order valence-electron chi connectivity index (χ4n) is 2.77. The van der Waals surface area contributed by atoms with E-state index < -0.39 is 0 Å². The molecule has 2 aromatic heterocycles. The van der Waals surface area contributed by atoms with Crippen LogP contribution >= 0.6 is 11.6 Å². The minimum atomic E-state index is 0.621. The van der Waals surface area contributed by atoms with E-state index in [-0.39, 0.29) is 0 Å². The molecule has 106 valence electrons. The normalized spacial score (nSPS) is 14.2. The number of halogens is 1. The maximum Gasteiger partial charge on any atom is 0.140 e. The summed E-state index contributed by atoms with van der Waals surface area (Å²) in [4.78, 5) is 9.11. The van der Waals surface area contributed by atoms with Crippen molar-refractivity contribution in [2.75, 3.05) is 5.43 Å². The molecule has 2 aromatic rings. The first kappa shape index (κ1) is 13.4. The number of hydrazine groups is 1. The van der Waals surface area contributed by atoms with E-state index >= 15 is 0 Å². The number of imidazole rings is 1. The zero-order valence-corrected chi connectivity index (χ0v) is 12.2. The van der Waals surface area contributed by atoms with Crippen LogP contribution in [0.2, 0.25) is 5.02 Å². The fraction of sp³-hybridized carbons (Fsp3) is 0.429. The van der Waals surface area contributed by atoms with Crippen LogP contribution in [-0.4, -0.2) is 14.5 Å². The summed E-state index contributed by atoms with van der Waals surface area (Å²) in [6.07, 6.45) is 4.62. The molecule has 0 saturated heterocycles. The number of nitrogens with one attached hydrogen (secondary N) is 1. The molecule has 1 aliphatic carbocycles. The number of rotatable bonds is 3. The molecule has 0 amide bonds. The van der Waals surface area contributed by atoms with Crippen LogP contribution in [-0.2, 0) is 19.4 Å². The van der Waals surface area contributed by atoms with Crippen molar-refractivity contribution in [2.45, 2.75) is 39.2 Å². The standard InChI is InChI=1S/C14H18ClN5/c1-9-17-11-4-2-3-5-13(11)20(9)8-12-10(15)6-7-14(18-12)19-16/h6-7H,2-5,8,16H2,1H3,(H,18,19). The van der Waals surface area contributed by atoms with Gasteiger partial charge in [-0.15, -0.1) is 0 Å². The highest BCUT2D eigenvalue weighted by Gasteiger charge is 2.19. The first-order chi connectivity index (χ1) is 9.69. The number of aromatic nitrogens is 3. The van der Waals surface area contributed by atoms with E-state index in [0.29, 0.717) is 17.4 Å². The number of aryl methyl sites for hydroxylation is 2. The van der Waals surface area contributed by atoms with Crippen molar-refractivity contribution < 1.29 is 0 Å². The van der Waals surface area contributed by atoms with Gasteiger partial charge in [0.2, 0.25) is 0 Å². The van der Waals surface area contributed by atoms with Crippen LogP contribution in [0.4, 0.5) is 5.82 Å². The maximum atomic E-state index is 6.24. The minimum absolute atomic E-state index is 0.621. The van der Waals surface area contributed by atoms with Gasteiger partial charge in [-0.2, -0.15) is 0 Å². The summed E-state index contributed by atoms with van der Waals surface area (Å²) in [5, 5.41) is 0.654. The molecule has 0 bridgehead atoms. The van der Waals surface area contributed by atoms with Gasteiger partial charge in [0.25, 0.3) is 0 Å². The molecule has 0 aromatic carbocycles. The molecule has 1 aliphatic rings.